The van der Waals surface area contributed by atoms with Gasteiger partial charge in [0, 0.05) is 12.7 Å². The quantitative estimate of drug-likeness (QED) is 0.882. The van der Waals surface area contributed by atoms with Gasteiger partial charge in [-0.05, 0) is 42.9 Å². The van der Waals surface area contributed by atoms with Gasteiger partial charge in [-0.15, -0.1) is 0 Å². The molecule has 1 aliphatic carbocycles. The van der Waals surface area contributed by atoms with Crippen molar-refractivity contribution in [1.29, 1.82) is 0 Å². The number of nitrogens with one attached hydrogen (secondary N) is 1. The Labute approximate surface area is 122 Å². The molecule has 21 heavy (non-hydrogen) atoms. The minimum absolute atomic E-state index is 0.345. The molecule has 6 heteroatoms. The molecule has 2 N–H and O–H groups in total. The second kappa shape index (κ2) is 5.29. The van der Waals surface area contributed by atoms with Gasteiger partial charge in [-0.25, -0.2) is 9.78 Å². The van der Waals surface area contributed by atoms with Gasteiger partial charge >= 0.3 is 5.97 Å². The van der Waals surface area contributed by atoms with Gasteiger partial charge < -0.3 is 9.84 Å². The zero-order valence-electron chi connectivity index (χ0n) is 12.0. The summed E-state index contributed by atoms with van der Waals surface area (Å²) in [5.41, 5.74) is 3.02. The number of nitrogens with zero attached hydrogens (tertiary/aromatic N) is 2. The normalized spacial score (nSPS) is 14.4. The van der Waals surface area contributed by atoms with Gasteiger partial charge in [0.25, 0.3) is 0 Å². The number of aromatic nitrogens is 3. The molecule has 0 spiro atoms. The minimum atomic E-state index is -0.897. The number of ether oxygens (including phenoxy) is 1. The maximum absolute atomic E-state index is 11.5. The number of aromatic amines is 1. The maximum Gasteiger partial charge on any atom is 0.335 e. The maximum atomic E-state index is 11.5. The van der Waals surface area contributed by atoms with Crippen molar-refractivity contribution < 1.29 is 14.6 Å². The van der Waals surface area contributed by atoms with Crippen molar-refractivity contribution in [3.8, 4) is 11.4 Å². The lowest BCUT2D eigenvalue weighted by atomic mass is 9.96. The lowest BCUT2D eigenvalue weighted by Crippen LogP contribution is -2.04. The molecule has 1 aliphatic rings. The second-order valence-corrected chi connectivity index (χ2v) is 5.37. The lowest BCUT2D eigenvalue weighted by molar-refractivity contribution is 0.0695. The van der Waals surface area contributed by atoms with E-state index in [4.69, 9.17) is 4.74 Å². The van der Waals surface area contributed by atoms with Gasteiger partial charge in [-0.3, -0.25) is 5.10 Å². The second-order valence-electron chi connectivity index (χ2n) is 5.37. The van der Waals surface area contributed by atoms with Crippen LogP contribution in [0.25, 0.3) is 11.4 Å². The van der Waals surface area contributed by atoms with Crippen LogP contribution in [0.3, 0.4) is 0 Å². The van der Waals surface area contributed by atoms with E-state index in [9.17, 15) is 9.90 Å². The Hall–Kier alpha value is -2.21. The van der Waals surface area contributed by atoms with Crippen LogP contribution in [0.5, 0.6) is 0 Å². The number of hydrogen-bond acceptors (Lipinski definition) is 4. The predicted molar refractivity (Wildman–Crippen MR) is 76.2 cm³/mol. The van der Waals surface area contributed by atoms with Crippen LogP contribution in [0.1, 0.15) is 46.1 Å². The van der Waals surface area contributed by atoms with Crippen molar-refractivity contribution >= 4 is 5.97 Å². The summed E-state index contributed by atoms with van der Waals surface area (Å²) in [6, 6.07) is 3.65. The summed E-state index contributed by atoms with van der Waals surface area (Å²) >= 11 is 0. The first-order valence-corrected chi connectivity index (χ1v) is 6.88. The van der Waals surface area contributed by atoms with Gasteiger partial charge in [0.1, 0.15) is 6.61 Å². The summed E-state index contributed by atoms with van der Waals surface area (Å²) in [4.78, 5) is 15.8. The fraction of sp³-hybridized carbons (Fsp3) is 0.400. The van der Waals surface area contributed by atoms with E-state index in [1.807, 2.05) is 13.0 Å². The van der Waals surface area contributed by atoms with E-state index in [-0.39, 0.29) is 0 Å². The summed E-state index contributed by atoms with van der Waals surface area (Å²) in [6.45, 7) is 2.30. The summed E-state index contributed by atoms with van der Waals surface area (Å²) in [5.74, 6) is 0.616. The number of carboxylic acid groups (broad SMARTS) is 1. The molecule has 0 bridgehead atoms. The fourth-order valence-corrected chi connectivity index (χ4v) is 2.51. The molecule has 0 amide bonds. The van der Waals surface area contributed by atoms with Crippen LogP contribution in [0.2, 0.25) is 0 Å². The fourth-order valence-electron chi connectivity index (χ4n) is 2.51. The smallest absolute Gasteiger partial charge is 0.335 e. The Morgan fingerprint density at radius 3 is 2.86 bits per heavy atom. The van der Waals surface area contributed by atoms with Crippen LogP contribution in [-0.4, -0.2) is 33.4 Å². The number of carboxylic acids is 1. The molecular weight excluding hydrogens is 270 g/mol. The third-order valence-corrected chi connectivity index (χ3v) is 3.70. The Bertz CT molecular complexity index is 689. The molecule has 0 radical (unpaired) electrons. The van der Waals surface area contributed by atoms with Gasteiger partial charge in [0.15, 0.2) is 11.6 Å². The van der Waals surface area contributed by atoms with Crippen molar-refractivity contribution in [2.24, 2.45) is 0 Å². The molecule has 6 nitrogen and oxygen atoms in total. The van der Waals surface area contributed by atoms with Gasteiger partial charge in [-0.1, -0.05) is 6.07 Å². The highest BCUT2D eigenvalue weighted by atomic mass is 16.5. The van der Waals surface area contributed by atoms with Gasteiger partial charge in [0.2, 0.25) is 0 Å². The molecule has 1 aromatic heterocycles. The van der Waals surface area contributed by atoms with E-state index >= 15 is 0 Å². The summed E-state index contributed by atoms with van der Waals surface area (Å²) < 4.78 is 5.00. The van der Waals surface area contributed by atoms with Gasteiger partial charge in [-0.2, -0.15) is 5.10 Å². The molecule has 0 aliphatic heterocycles. The summed E-state index contributed by atoms with van der Waals surface area (Å²) in [5, 5.41) is 16.4. The van der Waals surface area contributed by atoms with E-state index in [1.54, 1.807) is 13.2 Å². The third kappa shape index (κ3) is 2.67. The number of rotatable bonds is 5. The number of aryl methyl sites for hydroxylation is 1. The molecule has 0 atom stereocenters. The van der Waals surface area contributed by atoms with E-state index in [1.165, 1.54) is 0 Å². The van der Waals surface area contributed by atoms with Crippen LogP contribution in [0, 0.1) is 6.92 Å². The molecule has 1 heterocycles. The number of carbonyl (C=O) groups is 1. The van der Waals surface area contributed by atoms with E-state index in [2.05, 4.69) is 15.2 Å². The molecule has 3 rings (SSSR count). The molecule has 110 valence electrons. The first-order chi connectivity index (χ1) is 10.1. The van der Waals surface area contributed by atoms with Crippen molar-refractivity contribution in [3.63, 3.8) is 0 Å². The molecular formula is C15H17N3O3. The molecule has 1 saturated carbocycles. The zero-order valence-corrected chi connectivity index (χ0v) is 12.0. The topological polar surface area (TPSA) is 88.1 Å². The van der Waals surface area contributed by atoms with Crippen LogP contribution in [0.15, 0.2) is 12.1 Å². The highest BCUT2D eigenvalue weighted by Crippen LogP contribution is 2.43. The van der Waals surface area contributed by atoms with Crippen LogP contribution < -0.4 is 0 Å². The van der Waals surface area contributed by atoms with Gasteiger partial charge in [0.05, 0.1) is 5.56 Å². The Morgan fingerprint density at radius 1 is 1.48 bits per heavy atom. The zero-order chi connectivity index (χ0) is 15.0. The van der Waals surface area contributed by atoms with Crippen molar-refractivity contribution in [2.75, 3.05) is 7.11 Å². The van der Waals surface area contributed by atoms with E-state index in [0.29, 0.717) is 29.7 Å². The third-order valence-electron chi connectivity index (χ3n) is 3.70. The largest absolute Gasteiger partial charge is 0.478 e. The average Bonchev–Trinajstić information content (AvgIpc) is 3.19. The van der Waals surface area contributed by atoms with Crippen LogP contribution >= 0.6 is 0 Å². The molecule has 1 fully saturated rings. The monoisotopic (exact) mass is 287 g/mol. The Morgan fingerprint density at radius 2 is 2.24 bits per heavy atom. The van der Waals surface area contributed by atoms with Crippen molar-refractivity contribution in [3.05, 3.63) is 34.6 Å². The lowest BCUT2D eigenvalue weighted by Gasteiger charge is -2.09. The predicted octanol–water partition coefficient (Wildman–Crippen LogP) is 2.50. The summed E-state index contributed by atoms with van der Waals surface area (Å²) in [7, 11) is 1.58. The number of H-pyrrole nitrogens is 1. The Balaban J connectivity index is 2.04. The minimum Gasteiger partial charge on any atom is -0.478 e. The molecule has 2 aromatic rings. The SMILES string of the molecule is COCc1nc(-c2cc(C(=O)O)c(C3CC3)cc2C)n[nH]1. The highest BCUT2D eigenvalue weighted by Gasteiger charge is 2.29. The number of hydrogen-bond donors (Lipinski definition) is 2. The molecule has 0 saturated heterocycles. The van der Waals surface area contributed by atoms with Crippen LogP contribution in [0.4, 0.5) is 0 Å². The van der Waals surface area contributed by atoms with Crippen molar-refractivity contribution in [2.45, 2.75) is 32.3 Å². The number of methoxy groups -OCH3 is 1. The number of aromatic carboxylic acids is 1. The first-order valence-electron chi connectivity index (χ1n) is 6.88. The summed E-state index contributed by atoms with van der Waals surface area (Å²) in [6.07, 6.45) is 2.13. The number of benzene rings is 1. The average molecular weight is 287 g/mol. The Kier molecular flexibility index (Phi) is 3.47. The molecule has 1 aromatic carbocycles. The van der Waals surface area contributed by atoms with E-state index < -0.39 is 5.97 Å². The standard InChI is InChI=1S/C15H17N3O3/c1-8-5-11(9-3-4-9)12(15(19)20)6-10(8)14-16-13(7-21-2)17-18-14/h5-6,9H,3-4,7H2,1-2H3,(H,19,20)(H,16,17,18). The van der Waals surface area contributed by atoms with E-state index in [0.717, 1.165) is 29.5 Å². The highest BCUT2D eigenvalue weighted by molar-refractivity contribution is 5.91. The first kappa shape index (κ1) is 13.8. The van der Waals surface area contributed by atoms with Crippen LogP contribution in [-0.2, 0) is 11.3 Å². The van der Waals surface area contributed by atoms with Crippen molar-refractivity contribution in [1.82, 2.24) is 15.2 Å². The molecule has 0 unspecified atom stereocenters.